The van der Waals surface area contributed by atoms with Crippen molar-refractivity contribution in [2.24, 2.45) is 16.7 Å². The molecular weight excluding hydrogens is 488 g/mol. The second-order valence-corrected chi connectivity index (χ2v) is 12.4. The average Bonchev–Trinajstić information content (AvgIpc) is 3.15. The van der Waals surface area contributed by atoms with E-state index in [2.05, 4.69) is 0 Å². The Balaban J connectivity index is 2.05. The lowest BCUT2D eigenvalue weighted by Gasteiger charge is -2.59. The first-order chi connectivity index (χ1) is 16.4. The minimum absolute atomic E-state index is 0.0165. The van der Waals surface area contributed by atoms with E-state index < -0.39 is 26.7 Å². The van der Waals surface area contributed by atoms with Crippen LogP contribution in [-0.2, 0) is 33.4 Å². The maximum absolute atomic E-state index is 14.3. The number of allylic oxidation sites excluding steroid dienone is 2. The number of hydrogen-bond acceptors (Lipinski definition) is 8. The van der Waals surface area contributed by atoms with Crippen LogP contribution in [0.5, 0.6) is 0 Å². The first-order valence-electron chi connectivity index (χ1n) is 11.7. The van der Waals surface area contributed by atoms with Crippen LogP contribution in [-0.4, -0.2) is 45.1 Å². The monoisotopic (exact) mass is 520 g/mol. The highest BCUT2D eigenvalue weighted by Gasteiger charge is 2.78. The number of fused-ring (bicyclic) bond motifs is 1. The summed E-state index contributed by atoms with van der Waals surface area (Å²) in [4.78, 5) is 27.9. The summed E-state index contributed by atoms with van der Waals surface area (Å²) < 4.78 is 44.5. The van der Waals surface area contributed by atoms with Gasteiger partial charge in [0.15, 0.2) is 0 Å². The highest BCUT2D eigenvalue weighted by molar-refractivity contribution is 8.14. The van der Waals surface area contributed by atoms with Crippen molar-refractivity contribution in [1.82, 2.24) is 0 Å². The lowest BCUT2D eigenvalue weighted by atomic mass is 9.47. The van der Waals surface area contributed by atoms with Crippen molar-refractivity contribution in [3.05, 3.63) is 52.3 Å². The van der Waals surface area contributed by atoms with Crippen molar-refractivity contribution in [3.8, 4) is 0 Å². The summed E-state index contributed by atoms with van der Waals surface area (Å²) >= 11 is 1.12. The van der Waals surface area contributed by atoms with E-state index in [1.54, 1.807) is 26.0 Å². The lowest BCUT2D eigenvalue weighted by Crippen LogP contribution is -2.70. The second-order valence-electron chi connectivity index (χ2n) is 9.61. The van der Waals surface area contributed by atoms with Crippen LogP contribution >= 0.6 is 11.8 Å². The van der Waals surface area contributed by atoms with Crippen LogP contribution in [0.1, 0.15) is 46.1 Å². The van der Waals surface area contributed by atoms with E-state index in [0.29, 0.717) is 29.7 Å². The minimum Gasteiger partial charge on any atom is -0.382 e. The van der Waals surface area contributed by atoms with Crippen LogP contribution in [0.3, 0.4) is 0 Å². The summed E-state index contributed by atoms with van der Waals surface area (Å²) in [7, 11) is -1.59. The first kappa shape index (κ1) is 26.1. The van der Waals surface area contributed by atoms with Gasteiger partial charge in [0.1, 0.15) is 16.1 Å². The Labute approximate surface area is 211 Å². The molecule has 0 amide bonds. The molecule has 0 N–H and O–H groups in total. The molecule has 4 aliphatic carbocycles. The molecule has 2 unspecified atom stereocenters. The zero-order valence-corrected chi connectivity index (χ0v) is 22.8. The number of hydrogen-bond donors (Lipinski definition) is 0. The fourth-order valence-electron chi connectivity index (χ4n) is 6.51. The van der Waals surface area contributed by atoms with E-state index in [4.69, 9.17) is 13.7 Å². The molecule has 1 saturated carbocycles. The molecule has 190 valence electrons. The molecule has 1 aromatic rings. The van der Waals surface area contributed by atoms with Crippen molar-refractivity contribution >= 4 is 32.8 Å². The largest absolute Gasteiger partial charge is 0.382 e. The Morgan fingerprint density at radius 2 is 1.74 bits per heavy atom. The smallest absolute Gasteiger partial charge is 0.338 e. The van der Waals surface area contributed by atoms with Gasteiger partial charge in [0.05, 0.1) is 5.41 Å². The summed E-state index contributed by atoms with van der Waals surface area (Å²) in [5, 5.41) is -0.226. The Morgan fingerprint density at radius 1 is 1.14 bits per heavy atom. The molecule has 3 atom stereocenters. The average molecular weight is 521 g/mol. The summed E-state index contributed by atoms with van der Waals surface area (Å²) in [6.07, 6.45) is 1.23. The Kier molecular flexibility index (Phi) is 6.40. The molecule has 1 fully saturated rings. The summed E-state index contributed by atoms with van der Waals surface area (Å²) in [5.41, 5.74) is -0.329. The predicted octanol–water partition coefficient (Wildman–Crippen LogP) is 4.56. The third-order valence-corrected chi connectivity index (χ3v) is 10.1. The predicted molar refractivity (Wildman–Crippen MR) is 133 cm³/mol. The van der Waals surface area contributed by atoms with Gasteiger partial charge in [-0.15, -0.1) is 0 Å². The van der Waals surface area contributed by atoms with Gasteiger partial charge in [0.25, 0.3) is 0 Å². The fraction of sp³-hybridized carbons (Fsp3) is 0.538. The SMILES string of the molecule is CCSC(=O)C1=C2CC[C@H](C)C23C(=O)C(OC)(OC)C1(C)C(OS(=O)(=O)c1ccc(C)cc1)=C3C. The number of Topliss-reactive ketones (excluding diaryl/α,β-unsaturated/α-hetero) is 1. The van der Waals surface area contributed by atoms with E-state index in [9.17, 15) is 18.0 Å². The van der Waals surface area contributed by atoms with E-state index in [1.165, 1.54) is 26.4 Å². The minimum atomic E-state index is -4.29. The van der Waals surface area contributed by atoms with Gasteiger partial charge < -0.3 is 13.7 Å². The van der Waals surface area contributed by atoms with Crippen LogP contribution in [0.15, 0.2) is 51.6 Å². The van der Waals surface area contributed by atoms with Crippen LogP contribution in [0.25, 0.3) is 0 Å². The Morgan fingerprint density at radius 3 is 2.29 bits per heavy atom. The zero-order valence-electron chi connectivity index (χ0n) is 21.2. The number of carbonyl (C=O) groups is 2. The molecule has 7 nitrogen and oxygen atoms in total. The van der Waals surface area contributed by atoms with E-state index in [1.807, 2.05) is 20.8 Å². The van der Waals surface area contributed by atoms with Crippen molar-refractivity contribution in [2.45, 2.75) is 58.1 Å². The van der Waals surface area contributed by atoms with Crippen molar-refractivity contribution in [2.75, 3.05) is 20.0 Å². The van der Waals surface area contributed by atoms with Crippen LogP contribution < -0.4 is 0 Å². The molecule has 1 aromatic carbocycles. The van der Waals surface area contributed by atoms with Crippen molar-refractivity contribution in [1.29, 1.82) is 0 Å². The van der Waals surface area contributed by atoms with Gasteiger partial charge in [-0.05, 0) is 68.6 Å². The molecule has 1 spiro atoms. The third-order valence-electron chi connectivity index (χ3n) is 8.10. The van der Waals surface area contributed by atoms with Crippen LogP contribution in [0, 0.1) is 23.7 Å². The van der Waals surface area contributed by atoms with E-state index in [0.717, 1.165) is 22.9 Å². The summed E-state index contributed by atoms with van der Waals surface area (Å²) in [6.45, 7) is 9.04. The van der Waals surface area contributed by atoms with E-state index in [-0.39, 0.29) is 27.5 Å². The summed E-state index contributed by atoms with van der Waals surface area (Å²) in [5.74, 6) is -1.89. The number of carbonyl (C=O) groups excluding carboxylic acids is 2. The van der Waals surface area contributed by atoms with Crippen molar-refractivity contribution < 1.29 is 31.7 Å². The van der Waals surface area contributed by atoms with Gasteiger partial charge >= 0.3 is 10.1 Å². The second kappa shape index (κ2) is 8.57. The molecular formula is C26H32O7S2. The van der Waals surface area contributed by atoms with Gasteiger partial charge in [0, 0.05) is 19.8 Å². The molecule has 0 aliphatic heterocycles. The highest BCUT2D eigenvalue weighted by atomic mass is 32.2. The number of benzene rings is 1. The van der Waals surface area contributed by atoms with Gasteiger partial charge in [-0.25, -0.2) is 0 Å². The lowest BCUT2D eigenvalue weighted by molar-refractivity contribution is -0.258. The first-order valence-corrected chi connectivity index (χ1v) is 14.1. The summed E-state index contributed by atoms with van der Waals surface area (Å²) in [6, 6.07) is 6.33. The third kappa shape index (κ3) is 3.14. The number of methoxy groups -OCH3 is 2. The molecule has 5 rings (SSSR count). The highest BCUT2D eigenvalue weighted by Crippen LogP contribution is 2.71. The fourth-order valence-corrected chi connectivity index (χ4v) is 8.32. The van der Waals surface area contributed by atoms with Gasteiger partial charge in [-0.3, -0.25) is 9.59 Å². The van der Waals surface area contributed by atoms with Gasteiger partial charge in [0.2, 0.25) is 16.7 Å². The number of ether oxygens (including phenoxy) is 2. The number of ketones is 1. The maximum Gasteiger partial charge on any atom is 0.338 e. The number of rotatable bonds is 7. The molecule has 2 bridgehead atoms. The number of aryl methyl sites for hydroxylation is 1. The number of thioether (sulfide) groups is 1. The molecule has 4 aliphatic rings. The molecule has 35 heavy (non-hydrogen) atoms. The molecule has 0 aromatic heterocycles. The molecule has 0 radical (unpaired) electrons. The topological polar surface area (TPSA) is 96.0 Å². The molecule has 9 heteroatoms. The Bertz CT molecular complexity index is 1250. The normalized spacial score (nSPS) is 29.6. The maximum atomic E-state index is 14.3. The van der Waals surface area contributed by atoms with Gasteiger partial charge in [-0.1, -0.05) is 43.3 Å². The van der Waals surface area contributed by atoms with Crippen LogP contribution in [0.2, 0.25) is 0 Å². The van der Waals surface area contributed by atoms with Crippen molar-refractivity contribution in [3.63, 3.8) is 0 Å². The van der Waals surface area contributed by atoms with Crippen LogP contribution in [0.4, 0.5) is 0 Å². The standard InChI is InChI=1S/C26H32O7S2/c1-8-34-22(27)20-19-14-11-16(3)25(19)17(4)21(24(20,5)26(31-6,32-7)23(25)28)33-35(29,30)18-12-9-15(2)10-13-18/h9-10,12-13,16H,8,11,14H2,1-7H3/t16-,24?,25?/m0/s1. The van der Waals surface area contributed by atoms with E-state index >= 15 is 0 Å². The Hall–Kier alpha value is -1.94. The zero-order chi connectivity index (χ0) is 26.0. The van der Waals surface area contributed by atoms with Gasteiger partial charge in [-0.2, -0.15) is 8.42 Å². The molecule has 0 heterocycles. The molecule has 0 saturated heterocycles. The quantitative estimate of drug-likeness (QED) is 0.381.